The average molecular weight is 514 g/mol. The van der Waals surface area contributed by atoms with E-state index in [1.54, 1.807) is 38.7 Å². The molecule has 2 atom stereocenters. The van der Waals surface area contributed by atoms with Crippen molar-refractivity contribution in [3.63, 3.8) is 0 Å². The minimum atomic E-state index is -0.900. The number of alkyl carbamates (subject to hydrolysis) is 1. The van der Waals surface area contributed by atoms with Crippen molar-refractivity contribution >= 4 is 35.2 Å². The fourth-order valence-electron chi connectivity index (χ4n) is 4.25. The Morgan fingerprint density at radius 1 is 1.03 bits per heavy atom. The van der Waals surface area contributed by atoms with Crippen molar-refractivity contribution in [3.8, 4) is 0 Å². The van der Waals surface area contributed by atoms with E-state index in [-0.39, 0.29) is 17.9 Å². The van der Waals surface area contributed by atoms with Crippen LogP contribution in [0.5, 0.6) is 0 Å². The first-order valence-corrected chi connectivity index (χ1v) is 12.7. The lowest BCUT2D eigenvalue weighted by molar-refractivity contribution is -0.145. The fourth-order valence-corrected chi connectivity index (χ4v) is 4.51. The van der Waals surface area contributed by atoms with Gasteiger partial charge in [-0.3, -0.25) is 9.59 Å². The molecule has 2 aromatic rings. The van der Waals surface area contributed by atoms with Crippen LogP contribution in [0.3, 0.4) is 0 Å². The number of nitrogens with one attached hydrogen (secondary N) is 2. The van der Waals surface area contributed by atoms with Crippen molar-refractivity contribution in [2.75, 3.05) is 5.32 Å². The van der Waals surface area contributed by atoms with Crippen LogP contribution in [-0.2, 0) is 14.3 Å². The van der Waals surface area contributed by atoms with Crippen LogP contribution in [0.25, 0.3) is 0 Å². The molecule has 7 nitrogen and oxygen atoms in total. The van der Waals surface area contributed by atoms with Gasteiger partial charge in [0.1, 0.15) is 17.7 Å². The van der Waals surface area contributed by atoms with Gasteiger partial charge in [-0.15, -0.1) is 0 Å². The van der Waals surface area contributed by atoms with Crippen molar-refractivity contribution in [1.29, 1.82) is 0 Å². The standard InChI is InChI=1S/C28H36ClN3O4/c1-17-11-7-8-15-21(17)24(25(33)31-23-18(2)12-9-16-22(23)29)32(20-13-10-14-20)26(34)19(3)30-27(35)36-28(4,5)6/h7-9,11-12,15-16,19-20,24H,10,13-14H2,1-6H3,(H,30,35)(H,31,33). The van der Waals surface area contributed by atoms with Crippen LogP contribution in [0.1, 0.15) is 69.7 Å². The van der Waals surface area contributed by atoms with E-state index in [9.17, 15) is 14.4 Å². The number of halogens is 1. The van der Waals surface area contributed by atoms with Gasteiger partial charge < -0.3 is 20.3 Å². The minimum Gasteiger partial charge on any atom is -0.444 e. The van der Waals surface area contributed by atoms with Crippen LogP contribution in [0.4, 0.5) is 10.5 Å². The number of ether oxygens (including phenoxy) is 1. The zero-order chi connectivity index (χ0) is 26.6. The first kappa shape index (κ1) is 27.5. The van der Waals surface area contributed by atoms with Gasteiger partial charge in [-0.1, -0.05) is 48.0 Å². The molecule has 2 aromatic carbocycles. The average Bonchev–Trinajstić information content (AvgIpc) is 2.74. The van der Waals surface area contributed by atoms with E-state index in [2.05, 4.69) is 10.6 Å². The molecule has 0 radical (unpaired) electrons. The molecular weight excluding hydrogens is 478 g/mol. The summed E-state index contributed by atoms with van der Waals surface area (Å²) in [7, 11) is 0. The second-order valence-corrected chi connectivity index (χ2v) is 10.8. The number of carbonyl (C=O) groups is 3. The summed E-state index contributed by atoms with van der Waals surface area (Å²) in [5, 5.41) is 6.04. The number of nitrogens with zero attached hydrogens (tertiary/aromatic N) is 1. The molecule has 0 spiro atoms. The summed E-state index contributed by atoms with van der Waals surface area (Å²) in [5.74, 6) is -0.699. The zero-order valence-corrected chi connectivity index (χ0v) is 22.6. The van der Waals surface area contributed by atoms with E-state index < -0.39 is 23.8 Å². The lowest BCUT2D eigenvalue weighted by Gasteiger charge is -2.43. The molecular formula is C28H36ClN3O4. The number of rotatable bonds is 7. The minimum absolute atomic E-state index is 0.122. The maximum atomic E-state index is 13.9. The van der Waals surface area contributed by atoms with Gasteiger partial charge in [0, 0.05) is 6.04 Å². The molecule has 1 saturated carbocycles. The number of hydrogen-bond donors (Lipinski definition) is 2. The van der Waals surface area contributed by atoms with Gasteiger partial charge in [0.2, 0.25) is 5.91 Å². The third-order valence-corrected chi connectivity index (χ3v) is 6.62. The first-order chi connectivity index (χ1) is 16.9. The van der Waals surface area contributed by atoms with E-state index in [1.165, 1.54) is 0 Å². The Labute approximate surface area is 218 Å². The number of aryl methyl sites for hydroxylation is 2. The number of amides is 3. The van der Waals surface area contributed by atoms with E-state index >= 15 is 0 Å². The van der Waals surface area contributed by atoms with Crippen LogP contribution in [0.2, 0.25) is 5.02 Å². The molecule has 0 saturated heterocycles. The Balaban J connectivity index is 1.99. The lowest BCUT2D eigenvalue weighted by atomic mass is 9.87. The van der Waals surface area contributed by atoms with Crippen LogP contribution in [0.15, 0.2) is 42.5 Å². The van der Waals surface area contributed by atoms with Crippen LogP contribution >= 0.6 is 11.6 Å². The highest BCUT2D eigenvalue weighted by atomic mass is 35.5. The molecule has 36 heavy (non-hydrogen) atoms. The van der Waals surface area contributed by atoms with E-state index in [0.717, 1.165) is 36.0 Å². The van der Waals surface area contributed by atoms with Gasteiger partial charge in [0.05, 0.1) is 10.7 Å². The topological polar surface area (TPSA) is 87.7 Å². The van der Waals surface area contributed by atoms with E-state index in [0.29, 0.717) is 10.7 Å². The predicted molar refractivity (Wildman–Crippen MR) is 142 cm³/mol. The largest absolute Gasteiger partial charge is 0.444 e. The SMILES string of the molecule is Cc1ccccc1C(C(=O)Nc1c(C)cccc1Cl)N(C(=O)C(C)NC(=O)OC(C)(C)C)C1CCC1. The number of benzene rings is 2. The van der Waals surface area contributed by atoms with Crippen molar-refractivity contribution in [1.82, 2.24) is 10.2 Å². The van der Waals surface area contributed by atoms with Gasteiger partial charge in [-0.05, 0) is 83.6 Å². The molecule has 194 valence electrons. The van der Waals surface area contributed by atoms with Gasteiger partial charge in [-0.25, -0.2) is 4.79 Å². The van der Waals surface area contributed by atoms with Crippen molar-refractivity contribution < 1.29 is 19.1 Å². The predicted octanol–water partition coefficient (Wildman–Crippen LogP) is 5.93. The summed E-state index contributed by atoms with van der Waals surface area (Å²) in [6.07, 6.45) is 1.85. The zero-order valence-electron chi connectivity index (χ0n) is 21.9. The maximum Gasteiger partial charge on any atom is 0.408 e. The molecule has 0 aromatic heterocycles. The Bertz CT molecular complexity index is 1100. The van der Waals surface area contributed by atoms with Crippen LogP contribution in [0, 0.1) is 13.8 Å². The molecule has 2 unspecified atom stereocenters. The monoisotopic (exact) mass is 513 g/mol. The van der Waals surface area contributed by atoms with Gasteiger partial charge in [0.15, 0.2) is 0 Å². The third kappa shape index (κ3) is 6.58. The summed E-state index contributed by atoms with van der Waals surface area (Å²) >= 11 is 6.40. The van der Waals surface area contributed by atoms with Crippen LogP contribution in [-0.4, -0.2) is 40.5 Å². The normalized spacial score (nSPS) is 15.3. The van der Waals surface area contributed by atoms with Gasteiger partial charge >= 0.3 is 6.09 Å². The number of carbonyl (C=O) groups excluding carboxylic acids is 3. The second-order valence-electron chi connectivity index (χ2n) is 10.4. The molecule has 1 aliphatic rings. The fraction of sp³-hybridized carbons (Fsp3) is 0.464. The van der Waals surface area contributed by atoms with Gasteiger partial charge in [0.25, 0.3) is 5.91 Å². The third-order valence-electron chi connectivity index (χ3n) is 6.31. The Morgan fingerprint density at radius 2 is 1.67 bits per heavy atom. The number of anilines is 1. The summed E-state index contributed by atoms with van der Waals surface area (Å²) in [6.45, 7) is 10.7. The first-order valence-electron chi connectivity index (χ1n) is 12.3. The van der Waals surface area contributed by atoms with Crippen molar-refractivity contribution in [2.24, 2.45) is 0 Å². The summed E-state index contributed by atoms with van der Waals surface area (Å²) in [4.78, 5) is 41.8. The molecule has 3 rings (SSSR count). The number of hydrogen-bond acceptors (Lipinski definition) is 4. The van der Waals surface area contributed by atoms with Crippen LogP contribution < -0.4 is 10.6 Å². The summed E-state index contributed by atoms with van der Waals surface area (Å²) in [5.41, 5.74) is 2.25. The summed E-state index contributed by atoms with van der Waals surface area (Å²) < 4.78 is 5.34. The molecule has 0 aliphatic heterocycles. The lowest BCUT2D eigenvalue weighted by Crippen LogP contribution is -2.56. The molecule has 1 aliphatic carbocycles. The van der Waals surface area contributed by atoms with E-state index in [4.69, 9.17) is 16.3 Å². The second kappa shape index (κ2) is 11.3. The number of para-hydroxylation sites is 1. The highest BCUT2D eigenvalue weighted by molar-refractivity contribution is 6.34. The summed E-state index contributed by atoms with van der Waals surface area (Å²) in [6, 6.07) is 11.0. The molecule has 3 amide bonds. The van der Waals surface area contributed by atoms with Crippen molar-refractivity contribution in [2.45, 2.75) is 84.5 Å². The smallest absolute Gasteiger partial charge is 0.408 e. The van der Waals surface area contributed by atoms with Gasteiger partial charge in [-0.2, -0.15) is 0 Å². The van der Waals surface area contributed by atoms with E-state index in [1.807, 2.05) is 50.2 Å². The molecule has 0 bridgehead atoms. The molecule has 1 fully saturated rings. The Morgan fingerprint density at radius 3 is 2.22 bits per heavy atom. The molecule has 2 N–H and O–H groups in total. The Hall–Kier alpha value is -3.06. The molecule has 8 heteroatoms. The Kier molecular flexibility index (Phi) is 8.67. The highest BCUT2D eigenvalue weighted by Crippen LogP contribution is 2.36. The maximum absolute atomic E-state index is 13.9. The van der Waals surface area contributed by atoms with Crippen molar-refractivity contribution in [3.05, 3.63) is 64.2 Å². The quantitative estimate of drug-likeness (QED) is 0.480. The highest BCUT2D eigenvalue weighted by Gasteiger charge is 2.41. The molecule has 0 heterocycles.